The lowest BCUT2D eigenvalue weighted by Gasteiger charge is -2.09. The van der Waals surface area contributed by atoms with Crippen LogP contribution in [0.15, 0.2) is 31.1 Å². The highest BCUT2D eigenvalue weighted by Gasteiger charge is 2.16. The molecule has 0 spiro atoms. The van der Waals surface area contributed by atoms with E-state index in [4.69, 9.17) is 4.74 Å². The third-order valence-electron chi connectivity index (χ3n) is 2.94. The van der Waals surface area contributed by atoms with Crippen molar-refractivity contribution in [1.29, 1.82) is 0 Å². The summed E-state index contributed by atoms with van der Waals surface area (Å²) in [6, 6.07) is 3.61. The Hall–Kier alpha value is -1.32. The van der Waals surface area contributed by atoms with Gasteiger partial charge in [0.1, 0.15) is 16.5 Å². The first-order chi connectivity index (χ1) is 11.4. The summed E-state index contributed by atoms with van der Waals surface area (Å²) >= 11 is 7.79. The Morgan fingerprint density at radius 3 is 2.83 bits per heavy atom. The number of thioether (sulfide) groups is 1. The van der Waals surface area contributed by atoms with Crippen LogP contribution in [0.3, 0.4) is 0 Å². The van der Waals surface area contributed by atoms with Gasteiger partial charge in [-0.1, -0.05) is 22.9 Å². The number of benzene rings is 1. The van der Waals surface area contributed by atoms with Crippen LogP contribution in [0.4, 0.5) is 0 Å². The molecule has 0 aliphatic rings. The van der Waals surface area contributed by atoms with E-state index in [9.17, 15) is 9.90 Å². The van der Waals surface area contributed by atoms with E-state index in [1.165, 1.54) is 13.2 Å². The molecular formula is C15H15Br2N3O3S. The van der Waals surface area contributed by atoms with E-state index in [-0.39, 0.29) is 4.91 Å². The number of hydrogen-bond acceptors (Lipinski definition) is 5. The van der Waals surface area contributed by atoms with Gasteiger partial charge in [0, 0.05) is 16.5 Å². The second kappa shape index (κ2) is 8.68. The molecule has 9 heteroatoms. The van der Waals surface area contributed by atoms with E-state index >= 15 is 0 Å². The van der Waals surface area contributed by atoms with Gasteiger partial charge in [-0.15, -0.1) is 5.10 Å². The number of hydrogen-bond donors (Lipinski definition) is 2. The second-order valence-electron chi connectivity index (χ2n) is 4.74. The van der Waals surface area contributed by atoms with E-state index in [1.807, 2.05) is 13.0 Å². The third kappa shape index (κ3) is 4.84. The van der Waals surface area contributed by atoms with Crippen molar-refractivity contribution in [2.45, 2.75) is 24.9 Å². The van der Waals surface area contributed by atoms with Crippen molar-refractivity contribution in [3.8, 4) is 5.75 Å². The molecule has 0 atom stereocenters. The van der Waals surface area contributed by atoms with Gasteiger partial charge in [-0.05, 0) is 52.3 Å². The van der Waals surface area contributed by atoms with Crippen LogP contribution in [-0.2, 0) is 11.2 Å². The molecule has 0 saturated carbocycles. The van der Waals surface area contributed by atoms with Crippen molar-refractivity contribution in [1.82, 2.24) is 15.2 Å². The Balaban J connectivity index is 2.36. The lowest BCUT2D eigenvalue weighted by Crippen LogP contribution is -1.98. The van der Waals surface area contributed by atoms with Crippen LogP contribution in [0, 0.1) is 0 Å². The molecule has 0 radical (unpaired) electrons. The topological polar surface area (TPSA) is 88.1 Å². The lowest BCUT2D eigenvalue weighted by molar-refractivity contribution is -0.131. The van der Waals surface area contributed by atoms with Crippen molar-refractivity contribution in [3.05, 3.63) is 37.4 Å². The number of aromatic nitrogens is 3. The van der Waals surface area contributed by atoms with Gasteiger partial charge in [0.2, 0.25) is 5.16 Å². The summed E-state index contributed by atoms with van der Waals surface area (Å²) in [5, 5.41) is 16.7. The molecule has 1 aromatic heterocycles. The van der Waals surface area contributed by atoms with E-state index < -0.39 is 5.97 Å². The van der Waals surface area contributed by atoms with Gasteiger partial charge in [0.25, 0.3) is 0 Å². The summed E-state index contributed by atoms with van der Waals surface area (Å²) in [4.78, 5) is 16.0. The highest BCUT2D eigenvalue weighted by atomic mass is 79.9. The zero-order valence-corrected chi connectivity index (χ0v) is 17.0. The molecule has 0 aliphatic carbocycles. The molecular weight excluding hydrogens is 462 g/mol. The Kier molecular flexibility index (Phi) is 6.88. The van der Waals surface area contributed by atoms with Crippen LogP contribution >= 0.6 is 43.6 Å². The molecule has 24 heavy (non-hydrogen) atoms. The quantitative estimate of drug-likeness (QED) is 0.451. The molecule has 2 aromatic rings. The molecule has 2 N–H and O–H groups in total. The largest absolute Gasteiger partial charge is 0.495 e. The number of carbonyl (C=O) groups is 1. The molecule has 0 fully saturated rings. The van der Waals surface area contributed by atoms with Crippen molar-refractivity contribution in [2.24, 2.45) is 0 Å². The summed E-state index contributed by atoms with van der Waals surface area (Å²) in [7, 11) is 1.53. The van der Waals surface area contributed by atoms with Gasteiger partial charge in [-0.25, -0.2) is 9.78 Å². The first kappa shape index (κ1) is 19.0. The lowest BCUT2D eigenvalue weighted by atomic mass is 10.2. The van der Waals surface area contributed by atoms with Crippen LogP contribution in [-0.4, -0.2) is 33.4 Å². The number of nitrogens with zero attached hydrogens (tertiary/aromatic N) is 2. The van der Waals surface area contributed by atoms with Gasteiger partial charge < -0.3 is 9.84 Å². The monoisotopic (exact) mass is 475 g/mol. The van der Waals surface area contributed by atoms with E-state index in [2.05, 4.69) is 47.0 Å². The minimum Gasteiger partial charge on any atom is -0.495 e. The first-order valence-corrected chi connectivity index (χ1v) is 9.42. The maximum Gasteiger partial charge on any atom is 0.342 e. The summed E-state index contributed by atoms with van der Waals surface area (Å²) in [6.07, 6.45) is 3.24. The number of H-pyrrole nitrogens is 1. The molecule has 2 rings (SSSR count). The summed E-state index contributed by atoms with van der Waals surface area (Å²) in [5.74, 6) is 0.242. The maximum absolute atomic E-state index is 11.6. The van der Waals surface area contributed by atoms with E-state index in [1.54, 1.807) is 6.07 Å². The second-order valence-corrected chi connectivity index (χ2v) is 7.52. The van der Waals surface area contributed by atoms with Crippen molar-refractivity contribution < 1.29 is 14.6 Å². The smallest absolute Gasteiger partial charge is 0.342 e. The van der Waals surface area contributed by atoms with Crippen LogP contribution in [0.1, 0.15) is 24.7 Å². The molecule has 0 saturated heterocycles. The highest BCUT2D eigenvalue weighted by Crippen LogP contribution is 2.36. The van der Waals surface area contributed by atoms with E-state index in [0.29, 0.717) is 16.5 Å². The maximum atomic E-state index is 11.6. The predicted octanol–water partition coefficient (Wildman–Crippen LogP) is 4.51. The first-order valence-electron chi connectivity index (χ1n) is 7.01. The standard InChI is InChI=1S/C15H15Br2N3O3S/c1-3-4-12-18-15(20-19-12)24-11(14(21)22)6-8-5-9(16)7-10(17)13(8)23-2/h5-7H,3-4H2,1-2H3,(H,21,22)(H,18,19,20)/b11-6-. The zero-order chi connectivity index (χ0) is 17.7. The predicted molar refractivity (Wildman–Crippen MR) is 100 cm³/mol. The average Bonchev–Trinajstić information content (AvgIpc) is 2.94. The number of nitrogens with one attached hydrogen (secondary N) is 1. The molecule has 0 unspecified atom stereocenters. The Labute approximate surface area is 160 Å². The van der Waals surface area contributed by atoms with Gasteiger partial charge >= 0.3 is 5.97 Å². The third-order valence-corrected chi connectivity index (χ3v) is 4.86. The average molecular weight is 477 g/mol. The molecule has 128 valence electrons. The fourth-order valence-corrected chi connectivity index (χ4v) is 4.09. The molecule has 1 aromatic carbocycles. The Morgan fingerprint density at radius 1 is 1.46 bits per heavy atom. The fourth-order valence-electron chi connectivity index (χ4n) is 1.95. The summed E-state index contributed by atoms with van der Waals surface area (Å²) in [6.45, 7) is 2.04. The van der Waals surface area contributed by atoms with Crippen LogP contribution < -0.4 is 4.74 Å². The molecule has 0 amide bonds. The SMILES string of the molecule is CCCc1nc(S/C(=C\c2cc(Br)cc(Br)c2OC)C(=O)O)n[nH]1. The Morgan fingerprint density at radius 2 is 2.21 bits per heavy atom. The van der Waals surface area contributed by atoms with E-state index in [0.717, 1.165) is 39.4 Å². The van der Waals surface area contributed by atoms with Gasteiger partial charge in [0.15, 0.2) is 0 Å². The normalized spacial score (nSPS) is 11.6. The number of carboxylic acids is 1. The minimum atomic E-state index is -1.06. The number of methoxy groups -OCH3 is 1. The van der Waals surface area contributed by atoms with Crippen LogP contribution in [0.5, 0.6) is 5.75 Å². The van der Waals surface area contributed by atoms with Gasteiger partial charge in [-0.2, -0.15) is 0 Å². The number of ether oxygens (including phenoxy) is 1. The summed E-state index contributed by atoms with van der Waals surface area (Å²) in [5.41, 5.74) is 0.632. The minimum absolute atomic E-state index is 0.0975. The highest BCUT2D eigenvalue weighted by molar-refractivity contribution is 9.11. The van der Waals surface area contributed by atoms with Crippen molar-refractivity contribution in [3.63, 3.8) is 0 Å². The van der Waals surface area contributed by atoms with Gasteiger partial charge in [0.05, 0.1) is 11.6 Å². The number of aliphatic carboxylic acids is 1. The molecule has 1 heterocycles. The number of aromatic amines is 1. The fraction of sp³-hybridized carbons (Fsp3) is 0.267. The van der Waals surface area contributed by atoms with Crippen molar-refractivity contribution in [2.75, 3.05) is 7.11 Å². The number of aryl methyl sites for hydroxylation is 1. The number of halogens is 2. The van der Waals surface area contributed by atoms with Crippen molar-refractivity contribution >= 4 is 55.7 Å². The van der Waals surface area contributed by atoms with Crippen LogP contribution in [0.25, 0.3) is 6.08 Å². The summed E-state index contributed by atoms with van der Waals surface area (Å²) < 4.78 is 6.88. The number of rotatable bonds is 7. The molecule has 0 bridgehead atoms. The van der Waals surface area contributed by atoms with Crippen LogP contribution in [0.2, 0.25) is 0 Å². The van der Waals surface area contributed by atoms with Gasteiger partial charge in [-0.3, -0.25) is 5.10 Å². The zero-order valence-electron chi connectivity index (χ0n) is 13.0. The molecule has 6 nitrogen and oxygen atoms in total. The number of carboxylic acid groups (broad SMARTS) is 1. The molecule has 0 aliphatic heterocycles. The Bertz CT molecular complexity index is 777.